The number of hydrogen-bond acceptors (Lipinski definition) is 3. The third-order valence-electron chi connectivity index (χ3n) is 4.27. The molecule has 0 atom stereocenters. The number of carbonyl (C=O) groups is 1. The SMILES string of the molecule is C=C/C=C/C1CCC(NC(=O)Cc2ccc(O)c(OC)c2)CC1. The number of nitrogens with one attached hydrogen (secondary N) is 1. The van der Waals surface area contributed by atoms with Gasteiger partial charge in [-0.2, -0.15) is 0 Å². The zero-order valence-electron chi connectivity index (χ0n) is 13.6. The number of allylic oxidation sites excluding steroid dienone is 3. The molecular weight excluding hydrogens is 290 g/mol. The van der Waals surface area contributed by atoms with Crippen molar-refractivity contribution >= 4 is 5.91 Å². The summed E-state index contributed by atoms with van der Waals surface area (Å²) in [6.07, 6.45) is 10.5. The van der Waals surface area contributed by atoms with Gasteiger partial charge in [0.05, 0.1) is 13.5 Å². The Morgan fingerprint density at radius 2 is 2.13 bits per heavy atom. The van der Waals surface area contributed by atoms with Crippen molar-refractivity contribution < 1.29 is 14.6 Å². The summed E-state index contributed by atoms with van der Waals surface area (Å²) in [5.74, 6) is 1.10. The first-order valence-corrected chi connectivity index (χ1v) is 8.07. The molecule has 0 aromatic heterocycles. The van der Waals surface area contributed by atoms with Gasteiger partial charge in [0.15, 0.2) is 11.5 Å². The van der Waals surface area contributed by atoms with Crippen LogP contribution in [0.4, 0.5) is 0 Å². The molecule has 4 nitrogen and oxygen atoms in total. The van der Waals surface area contributed by atoms with Crippen LogP contribution in [0.1, 0.15) is 31.2 Å². The Labute approximate surface area is 137 Å². The van der Waals surface area contributed by atoms with Crippen molar-refractivity contribution in [3.63, 3.8) is 0 Å². The summed E-state index contributed by atoms with van der Waals surface area (Å²) in [4.78, 5) is 12.2. The summed E-state index contributed by atoms with van der Waals surface area (Å²) >= 11 is 0. The standard InChI is InChI=1S/C19H25NO3/c1-3-4-5-14-6-9-16(10-7-14)20-19(22)13-15-8-11-17(21)18(12-15)23-2/h3-5,8,11-12,14,16,21H,1,6-7,9-10,13H2,2H3,(H,20,22)/b5-4+. The number of ether oxygens (including phenoxy) is 1. The molecule has 0 unspecified atom stereocenters. The van der Waals surface area contributed by atoms with E-state index in [1.165, 1.54) is 7.11 Å². The van der Waals surface area contributed by atoms with Gasteiger partial charge in [-0.1, -0.05) is 30.9 Å². The number of rotatable bonds is 6. The molecule has 1 aromatic carbocycles. The molecule has 0 aliphatic heterocycles. The first-order valence-electron chi connectivity index (χ1n) is 8.07. The van der Waals surface area contributed by atoms with Gasteiger partial charge < -0.3 is 15.2 Å². The third-order valence-corrected chi connectivity index (χ3v) is 4.27. The minimum atomic E-state index is 0.0165. The third kappa shape index (κ3) is 5.16. The normalized spacial score (nSPS) is 21.1. The Hall–Kier alpha value is -2.23. The van der Waals surface area contributed by atoms with Crippen molar-refractivity contribution in [2.75, 3.05) is 7.11 Å². The minimum Gasteiger partial charge on any atom is -0.504 e. The van der Waals surface area contributed by atoms with E-state index < -0.39 is 0 Å². The van der Waals surface area contributed by atoms with E-state index >= 15 is 0 Å². The quantitative estimate of drug-likeness (QED) is 0.791. The molecule has 0 heterocycles. The van der Waals surface area contributed by atoms with Gasteiger partial charge >= 0.3 is 0 Å². The molecule has 2 N–H and O–H groups in total. The summed E-state index contributed by atoms with van der Waals surface area (Å²) in [5, 5.41) is 12.7. The Morgan fingerprint density at radius 1 is 1.39 bits per heavy atom. The second-order valence-corrected chi connectivity index (χ2v) is 5.98. The average Bonchev–Trinajstić information content (AvgIpc) is 2.56. The largest absolute Gasteiger partial charge is 0.504 e. The first-order chi connectivity index (χ1) is 11.1. The van der Waals surface area contributed by atoms with Crippen LogP contribution >= 0.6 is 0 Å². The van der Waals surface area contributed by atoms with Crippen molar-refractivity contribution in [2.24, 2.45) is 5.92 Å². The van der Waals surface area contributed by atoms with Crippen molar-refractivity contribution in [1.82, 2.24) is 5.32 Å². The molecular formula is C19H25NO3. The molecule has 0 bridgehead atoms. The Kier molecular flexibility index (Phi) is 6.27. The van der Waals surface area contributed by atoms with Crippen LogP contribution in [0, 0.1) is 5.92 Å². The number of phenolic OH excluding ortho intramolecular Hbond substituents is 1. The van der Waals surface area contributed by atoms with E-state index in [2.05, 4.69) is 18.0 Å². The molecule has 1 saturated carbocycles. The molecule has 1 aromatic rings. The van der Waals surface area contributed by atoms with E-state index in [-0.39, 0.29) is 17.7 Å². The molecule has 1 fully saturated rings. The van der Waals surface area contributed by atoms with Crippen LogP contribution in [0.3, 0.4) is 0 Å². The van der Waals surface area contributed by atoms with Crippen LogP contribution in [0.5, 0.6) is 11.5 Å². The van der Waals surface area contributed by atoms with Gasteiger partial charge in [-0.25, -0.2) is 0 Å². The number of methoxy groups -OCH3 is 1. The van der Waals surface area contributed by atoms with Crippen LogP contribution in [0.2, 0.25) is 0 Å². The van der Waals surface area contributed by atoms with Crippen molar-refractivity contribution in [3.05, 3.63) is 48.6 Å². The second-order valence-electron chi connectivity index (χ2n) is 5.98. The lowest BCUT2D eigenvalue weighted by atomic mass is 9.85. The fourth-order valence-electron chi connectivity index (χ4n) is 2.99. The van der Waals surface area contributed by atoms with Crippen LogP contribution in [0.25, 0.3) is 0 Å². The second kappa shape index (κ2) is 8.42. The molecule has 124 valence electrons. The number of amides is 1. The van der Waals surface area contributed by atoms with E-state index in [0.29, 0.717) is 18.1 Å². The van der Waals surface area contributed by atoms with Gasteiger partial charge in [-0.15, -0.1) is 0 Å². The van der Waals surface area contributed by atoms with Gasteiger partial charge in [-0.3, -0.25) is 4.79 Å². The first kappa shape index (κ1) is 17.1. The smallest absolute Gasteiger partial charge is 0.224 e. The van der Waals surface area contributed by atoms with E-state index in [9.17, 15) is 9.90 Å². The highest BCUT2D eigenvalue weighted by atomic mass is 16.5. The number of hydrogen-bond donors (Lipinski definition) is 2. The molecule has 1 amide bonds. The number of aromatic hydroxyl groups is 1. The molecule has 23 heavy (non-hydrogen) atoms. The van der Waals surface area contributed by atoms with Gasteiger partial charge in [0.25, 0.3) is 0 Å². The summed E-state index contributed by atoms with van der Waals surface area (Å²) in [7, 11) is 1.50. The van der Waals surface area contributed by atoms with Crippen LogP contribution in [-0.2, 0) is 11.2 Å². The lowest BCUT2D eigenvalue weighted by Crippen LogP contribution is -2.38. The molecule has 0 spiro atoms. The summed E-state index contributed by atoms with van der Waals surface area (Å²) in [6, 6.07) is 5.26. The van der Waals surface area contributed by atoms with Crippen molar-refractivity contribution in [3.8, 4) is 11.5 Å². The predicted octanol–water partition coefficient (Wildman–Crippen LogP) is 3.36. The summed E-state index contributed by atoms with van der Waals surface area (Å²) in [5.41, 5.74) is 0.833. The number of carbonyl (C=O) groups excluding carboxylic acids is 1. The lowest BCUT2D eigenvalue weighted by molar-refractivity contribution is -0.121. The van der Waals surface area contributed by atoms with Gasteiger partial charge in [0, 0.05) is 6.04 Å². The van der Waals surface area contributed by atoms with E-state index in [1.807, 2.05) is 6.08 Å². The maximum atomic E-state index is 12.2. The average molecular weight is 315 g/mol. The maximum absolute atomic E-state index is 12.2. The zero-order valence-corrected chi connectivity index (χ0v) is 13.6. The fraction of sp³-hybridized carbons (Fsp3) is 0.421. The lowest BCUT2D eigenvalue weighted by Gasteiger charge is -2.27. The highest BCUT2D eigenvalue weighted by Gasteiger charge is 2.21. The highest BCUT2D eigenvalue weighted by Crippen LogP contribution is 2.27. The number of benzene rings is 1. The van der Waals surface area contributed by atoms with Gasteiger partial charge in [0.1, 0.15) is 0 Å². The monoisotopic (exact) mass is 315 g/mol. The Morgan fingerprint density at radius 3 is 2.78 bits per heavy atom. The molecule has 0 radical (unpaired) electrons. The molecule has 4 heteroatoms. The van der Waals surface area contributed by atoms with Gasteiger partial charge in [0.2, 0.25) is 5.91 Å². The van der Waals surface area contributed by atoms with Crippen LogP contribution in [0.15, 0.2) is 43.0 Å². The molecule has 0 saturated heterocycles. The van der Waals surface area contributed by atoms with Gasteiger partial charge in [-0.05, 0) is 49.3 Å². The summed E-state index contributed by atoms with van der Waals surface area (Å²) in [6.45, 7) is 3.69. The minimum absolute atomic E-state index is 0.0165. The van der Waals surface area contributed by atoms with E-state index in [4.69, 9.17) is 4.74 Å². The van der Waals surface area contributed by atoms with Crippen LogP contribution in [-0.4, -0.2) is 24.2 Å². The van der Waals surface area contributed by atoms with Crippen molar-refractivity contribution in [1.29, 1.82) is 0 Å². The zero-order chi connectivity index (χ0) is 16.7. The predicted molar refractivity (Wildman–Crippen MR) is 91.6 cm³/mol. The fourth-order valence-corrected chi connectivity index (χ4v) is 2.99. The van der Waals surface area contributed by atoms with Crippen molar-refractivity contribution in [2.45, 2.75) is 38.1 Å². The molecule has 1 aliphatic carbocycles. The van der Waals surface area contributed by atoms with Crippen LogP contribution < -0.4 is 10.1 Å². The maximum Gasteiger partial charge on any atom is 0.224 e. The Bertz CT molecular complexity index is 572. The topological polar surface area (TPSA) is 58.6 Å². The number of phenols is 1. The van der Waals surface area contributed by atoms with E-state index in [0.717, 1.165) is 31.2 Å². The molecule has 1 aliphatic rings. The van der Waals surface area contributed by atoms with E-state index in [1.54, 1.807) is 24.3 Å². The molecule has 2 rings (SSSR count). The highest BCUT2D eigenvalue weighted by molar-refractivity contribution is 5.79. The Balaban J connectivity index is 1.81. The summed E-state index contributed by atoms with van der Waals surface area (Å²) < 4.78 is 5.07.